The molecule has 28 heavy (non-hydrogen) atoms. The van der Waals surface area contributed by atoms with Crippen LogP contribution in [0.3, 0.4) is 0 Å². The molecule has 0 spiro atoms. The predicted molar refractivity (Wildman–Crippen MR) is 127 cm³/mol. The Morgan fingerprint density at radius 3 is 2.25 bits per heavy atom. The molecule has 2 unspecified atom stereocenters. The van der Waals surface area contributed by atoms with Crippen molar-refractivity contribution in [3.05, 3.63) is 23.5 Å². The maximum absolute atomic E-state index is 6.80. The molecule has 2 nitrogen and oxygen atoms in total. The van der Waals surface area contributed by atoms with Crippen LogP contribution in [0.4, 0.5) is 0 Å². The number of hydrogen-bond donors (Lipinski definition) is 1. The van der Waals surface area contributed by atoms with Crippen molar-refractivity contribution in [3.8, 4) is 0 Å². The summed E-state index contributed by atoms with van der Waals surface area (Å²) in [5.41, 5.74) is 1.61. The van der Waals surface area contributed by atoms with E-state index in [1.54, 1.807) is 5.57 Å². The SMILES string of the molecule is I[C@H]1CC[C@@H](OC2=CC(C3CCCCCCC3)=CC3NCCCCCC23)CC1. The average molecular weight is 498 g/mol. The lowest BCUT2D eigenvalue weighted by Gasteiger charge is -2.38. The second kappa shape index (κ2) is 10.8. The van der Waals surface area contributed by atoms with Crippen LogP contribution >= 0.6 is 22.6 Å². The van der Waals surface area contributed by atoms with Gasteiger partial charge in [-0.25, -0.2) is 0 Å². The third kappa shape index (κ3) is 5.77. The van der Waals surface area contributed by atoms with Crippen molar-refractivity contribution in [2.45, 2.75) is 112 Å². The molecule has 3 heteroatoms. The summed E-state index contributed by atoms with van der Waals surface area (Å²) in [7, 11) is 0. The van der Waals surface area contributed by atoms with Gasteiger partial charge in [-0.3, -0.25) is 0 Å². The molecule has 3 fully saturated rings. The highest BCUT2D eigenvalue weighted by molar-refractivity contribution is 14.1. The number of allylic oxidation sites excluding steroid dienone is 2. The van der Waals surface area contributed by atoms with E-state index in [9.17, 15) is 0 Å². The monoisotopic (exact) mass is 497 g/mol. The van der Waals surface area contributed by atoms with Crippen LogP contribution in [0.15, 0.2) is 23.5 Å². The molecule has 0 amide bonds. The molecule has 0 radical (unpaired) electrons. The number of hydrogen-bond acceptors (Lipinski definition) is 2. The van der Waals surface area contributed by atoms with E-state index in [0.29, 0.717) is 18.1 Å². The minimum Gasteiger partial charge on any atom is -0.494 e. The zero-order valence-electron chi connectivity index (χ0n) is 17.6. The molecule has 0 aromatic carbocycles. The van der Waals surface area contributed by atoms with Crippen molar-refractivity contribution in [1.29, 1.82) is 0 Å². The molecule has 158 valence electrons. The second-order valence-electron chi connectivity index (χ2n) is 9.68. The lowest BCUT2D eigenvalue weighted by atomic mass is 9.78. The first-order valence-electron chi connectivity index (χ1n) is 12.3. The van der Waals surface area contributed by atoms with Crippen LogP contribution in [-0.4, -0.2) is 22.6 Å². The molecule has 0 bridgehead atoms. The minimum atomic E-state index is 0.458. The summed E-state index contributed by atoms with van der Waals surface area (Å²) >= 11 is 2.63. The molecule has 1 aliphatic heterocycles. The van der Waals surface area contributed by atoms with Crippen LogP contribution in [0.2, 0.25) is 0 Å². The third-order valence-electron chi connectivity index (χ3n) is 7.53. The number of halogens is 1. The van der Waals surface area contributed by atoms with E-state index >= 15 is 0 Å². The van der Waals surface area contributed by atoms with E-state index in [1.165, 1.54) is 109 Å². The van der Waals surface area contributed by atoms with Gasteiger partial charge in [0.25, 0.3) is 0 Å². The maximum Gasteiger partial charge on any atom is 0.102 e. The fourth-order valence-electron chi connectivity index (χ4n) is 5.77. The Hall–Kier alpha value is -0.0300. The predicted octanol–water partition coefficient (Wildman–Crippen LogP) is 7.08. The van der Waals surface area contributed by atoms with Gasteiger partial charge in [0.1, 0.15) is 5.76 Å². The summed E-state index contributed by atoms with van der Waals surface area (Å²) < 4.78 is 7.66. The summed E-state index contributed by atoms with van der Waals surface area (Å²) in [6.07, 6.45) is 26.0. The lowest BCUT2D eigenvalue weighted by molar-refractivity contribution is 0.0575. The summed E-state index contributed by atoms with van der Waals surface area (Å²) in [6.45, 7) is 1.17. The molecule has 4 rings (SSSR count). The molecule has 1 saturated heterocycles. The Kier molecular flexibility index (Phi) is 8.21. The lowest BCUT2D eigenvalue weighted by Crippen LogP contribution is -2.41. The van der Waals surface area contributed by atoms with Gasteiger partial charge >= 0.3 is 0 Å². The summed E-state index contributed by atoms with van der Waals surface area (Å²) in [4.78, 5) is 0. The first kappa shape index (κ1) is 21.2. The highest BCUT2D eigenvalue weighted by Gasteiger charge is 2.33. The van der Waals surface area contributed by atoms with Crippen molar-refractivity contribution >= 4 is 22.6 Å². The molecular formula is C25H40INO. The molecule has 2 saturated carbocycles. The molecule has 2 atom stereocenters. The molecule has 1 N–H and O–H groups in total. The fourth-order valence-corrected chi connectivity index (χ4v) is 6.49. The quantitative estimate of drug-likeness (QED) is 0.332. The van der Waals surface area contributed by atoms with Gasteiger partial charge in [0.15, 0.2) is 0 Å². The Morgan fingerprint density at radius 2 is 1.46 bits per heavy atom. The zero-order chi connectivity index (χ0) is 19.2. The number of fused-ring (bicyclic) bond motifs is 1. The highest BCUT2D eigenvalue weighted by Crippen LogP contribution is 2.39. The molecule has 0 aromatic rings. The van der Waals surface area contributed by atoms with Crippen molar-refractivity contribution in [3.63, 3.8) is 0 Å². The minimum absolute atomic E-state index is 0.458. The number of alkyl halides is 1. The van der Waals surface area contributed by atoms with Gasteiger partial charge in [0.05, 0.1) is 6.10 Å². The zero-order valence-corrected chi connectivity index (χ0v) is 19.8. The highest BCUT2D eigenvalue weighted by atomic mass is 127. The standard InChI is InChI=1S/C25H40INO/c26-21-12-14-22(15-13-21)28-25-18-20(19-9-5-2-1-3-6-10-19)17-24-23(25)11-7-4-8-16-27-24/h17-19,21-24,27H,1-16H2/t21-,22+,23?,24?. The smallest absolute Gasteiger partial charge is 0.102 e. The van der Waals surface area contributed by atoms with Crippen LogP contribution in [0.5, 0.6) is 0 Å². The molecular weight excluding hydrogens is 457 g/mol. The Balaban J connectivity index is 1.52. The topological polar surface area (TPSA) is 21.3 Å². The van der Waals surface area contributed by atoms with E-state index in [4.69, 9.17) is 4.74 Å². The summed E-state index contributed by atoms with van der Waals surface area (Å²) in [5.74, 6) is 2.67. The van der Waals surface area contributed by atoms with Gasteiger partial charge in [-0.2, -0.15) is 0 Å². The Bertz CT molecular complexity index is 541. The summed E-state index contributed by atoms with van der Waals surface area (Å²) in [5, 5.41) is 3.90. The Labute approximate surface area is 186 Å². The Morgan fingerprint density at radius 1 is 0.786 bits per heavy atom. The normalized spacial score (nSPS) is 36.0. The summed E-state index contributed by atoms with van der Waals surface area (Å²) in [6, 6.07) is 0.502. The second-order valence-corrected chi connectivity index (χ2v) is 11.4. The van der Waals surface area contributed by atoms with E-state index in [-0.39, 0.29) is 0 Å². The van der Waals surface area contributed by atoms with E-state index in [0.717, 1.165) is 9.84 Å². The van der Waals surface area contributed by atoms with Crippen molar-refractivity contribution in [2.75, 3.05) is 6.54 Å². The molecule has 1 heterocycles. The number of ether oxygens (including phenoxy) is 1. The van der Waals surface area contributed by atoms with E-state index in [1.807, 2.05) is 0 Å². The molecule has 0 aromatic heterocycles. The van der Waals surface area contributed by atoms with Crippen LogP contribution in [-0.2, 0) is 4.74 Å². The van der Waals surface area contributed by atoms with Gasteiger partial charge in [0, 0.05) is 15.9 Å². The average Bonchev–Trinajstić information content (AvgIpc) is 2.64. The number of rotatable bonds is 3. The van der Waals surface area contributed by atoms with Gasteiger partial charge in [-0.05, 0) is 75.5 Å². The van der Waals surface area contributed by atoms with Crippen LogP contribution in [0.1, 0.15) is 96.3 Å². The number of nitrogens with one attached hydrogen (secondary N) is 1. The third-order valence-corrected chi connectivity index (χ3v) is 8.78. The first-order valence-corrected chi connectivity index (χ1v) is 13.5. The van der Waals surface area contributed by atoms with Gasteiger partial charge in [0.2, 0.25) is 0 Å². The first-order chi connectivity index (χ1) is 13.8. The molecule has 3 aliphatic carbocycles. The van der Waals surface area contributed by atoms with Crippen LogP contribution < -0.4 is 5.32 Å². The largest absolute Gasteiger partial charge is 0.494 e. The van der Waals surface area contributed by atoms with Crippen molar-refractivity contribution in [1.82, 2.24) is 5.32 Å². The van der Waals surface area contributed by atoms with Crippen LogP contribution in [0.25, 0.3) is 0 Å². The van der Waals surface area contributed by atoms with Crippen molar-refractivity contribution in [2.24, 2.45) is 11.8 Å². The van der Waals surface area contributed by atoms with Crippen molar-refractivity contribution < 1.29 is 4.74 Å². The fraction of sp³-hybridized carbons (Fsp3) is 0.840. The van der Waals surface area contributed by atoms with Gasteiger partial charge in [-0.1, -0.05) is 73.6 Å². The van der Waals surface area contributed by atoms with E-state index < -0.39 is 0 Å². The van der Waals surface area contributed by atoms with Gasteiger partial charge < -0.3 is 10.1 Å². The van der Waals surface area contributed by atoms with E-state index in [2.05, 4.69) is 40.1 Å². The molecule has 4 aliphatic rings. The maximum atomic E-state index is 6.80. The van der Waals surface area contributed by atoms with Gasteiger partial charge in [-0.15, -0.1) is 0 Å². The van der Waals surface area contributed by atoms with Crippen LogP contribution in [0, 0.1) is 11.8 Å².